The molecule has 0 saturated heterocycles. The highest BCUT2D eigenvalue weighted by Crippen LogP contribution is 2.16. The zero-order valence-electron chi connectivity index (χ0n) is 13.5. The van der Waals surface area contributed by atoms with Crippen molar-refractivity contribution in [2.75, 3.05) is 25.7 Å². The summed E-state index contributed by atoms with van der Waals surface area (Å²) in [6.07, 6.45) is 1.17. The highest BCUT2D eigenvalue weighted by molar-refractivity contribution is 7.90. The van der Waals surface area contributed by atoms with Crippen LogP contribution in [-0.4, -0.2) is 33.7 Å². The first-order valence-corrected chi connectivity index (χ1v) is 9.11. The Kier molecular flexibility index (Phi) is 5.38. The summed E-state index contributed by atoms with van der Waals surface area (Å²) < 4.78 is 36.8. The van der Waals surface area contributed by atoms with Crippen LogP contribution in [0.4, 0.5) is 10.1 Å². The van der Waals surface area contributed by atoms with Gasteiger partial charge in [-0.3, -0.25) is 0 Å². The fraction of sp³-hybridized carbons (Fsp3) is 0.294. The van der Waals surface area contributed by atoms with Crippen molar-refractivity contribution >= 4 is 15.5 Å². The SMILES string of the molecule is CN(C)Cc1ccc(CNc2ccc(S(C)(=O)=O)cc2)cc1F. The maximum atomic E-state index is 14.0. The molecule has 0 fully saturated rings. The molecular weight excluding hydrogens is 315 g/mol. The van der Waals surface area contributed by atoms with Gasteiger partial charge in [0.25, 0.3) is 0 Å². The van der Waals surface area contributed by atoms with Gasteiger partial charge in [0.2, 0.25) is 0 Å². The minimum atomic E-state index is -3.19. The Morgan fingerprint density at radius 2 is 1.74 bits per heavy atom. The van der Waals surface area contributed by atoms with Crippen LogP contribution in [-0.2, 0) is 22.9 Å². The molecule has 124 valence electrons. The third-order valence-electron chi connectivity index (χ3n) is 3.38. The number of hydrogen-bond acceptors (Lipinski definition) is 4. The first-order valence-electron chi connectivity index (χ1n) is 7.22. The Balaban J connectivity index is 2.02. The maximum absolute atomic E-state index is 14.0. The van der Waals surface area contributed by atoms with Crippen molar-refractivity contribution in [3.05, 3.63) is 59.4 Å². The van der Waals surface area contributed by atoms with E-state index in [2.05, 4.69) is 5.32 Å². The second kappa shape index (κ2) is 7.10. The molecule has 0 spiro atoms. The van der Waals surface area contributed by atoms with Gasteiger partial charge in [-0.15, -0.1) is 0 Å². The first kappa shape index (κ1) is 17.4. The fourth-order valence-corrected chi connectivity index (χ4v) is 2.82. The third kappa shape index (κ3) is 5.04. The Hall–Kier alpha value is -1.92. The second-order valence-electron chi connectivity index (χ2n) is 5.81. The van der Waals surface area contributed by atoms with E-state index in [1.807, 2.05) is 25.1 Å². The van der Waals surface area contributed by atoms with Crippen LogP contribution >= 0.6 is 0 Å². The van der Waals surface area contributed by atoms with Gasteiger partial charge in [-0.05, 0) is 50.0 Å². The monoisotopic (exact) mass is 336 g/mol. The number of nitrogens with one attached hydrogen (secondary N) is 1. The number of sulfone groups is 1. The highest BCUT2D eigenvalue weighted by atomic mass is 32.2. The topological polar surface area (TPSA) is 49.4 Å². The van der Waals surface area contributed by atoms with E-state index >= 15 is 0 Å². The summed E-state index contributed by atoms with van der Waals surface area (Å²) in [6.45, 7) is 1.03. The first-order chi connectivity index (χ1) is 10.8. The van der Waals surface area contributed by atoms with Crippen LogP contribution in [0, 0.1) is 5.82 Å². The molecule has 6 heteroatoms. The number of rotatable bonds is 6. The normalized spacial score (nSPS) is 11.7. The Morgan fingerprint density at radius 3 is 2.26 bits per heavy atom. The molecule has 0 amide bonds. The van der Waals surface area contributed by atoms with Crippen molar-refractivity contribution in [2.24, 2.45) is 0 Å². The number of benzene rings is 2. The van der Waals surface area contributed by atoms with E-state index in [0.717, 1.165) is 11.3 Å². The van der Waals surface area contributed by atoms with Gasteiger partial charge in [-0.1, -0.05) is 12.1 Å². The molecular formula is C17H21FN2O2S. The van der Waals surface area contributed by atoms with Gasteiger partial charge in [-0.25, -0.2) is 12.8 Å². The summed E-state index contributed by atoms with van der Waals surface area (Å²) in [5.41, 5.74) is 2.28. The van der Waals surface area contributed by atoms with Crippen molar-refractivity contribution in [1.29, 1.82) is 0 Å². The lowest BCUT2D eigenvalue weighted by Crippen LogP contribution is -2.12. The van der Waals surface area contributed by atoms with E-state index in [-0.39, 0.29) is 10.7 Å². The summed E-state index contributed by atoms with van der Waals surface area (Å²) in [6, 6.07) is 11.7. The number of anilines is 1. The molecule has 2 aromatic carbocycles. The number of hydrogen-bond donors (Lipinski definition) is 1. The fourth-order valence-electron chi connectivity index (χ4n) is 2.19. The van der Waals surface area contributed by atoms with Crippen molar-refractivity contribution in [3.8, 4) is 0 Å². The predicted octanol–water partition coefficient (Wildman–Crippen LogP) is 2.90. The molecule has 0 heterocycles. The van der Waals surface area contributed by atoms with Gasteiger partial charge in [0.1, 0.15) is 5.82 Å². The van der Waals surface area contributed by atoms with Crippen molar-refractivity contribution in [2.45, 2.75) is 18.0 Å². The third-order valence-corrected chi connectivity index (χ3v) is 4.51. The molecule has 2 aromatic rings. The van der Waals surface area contributed by atoms with Gasteiger partial charge in [-0.2, -0.15) is 0 Å². The van der Waals surface area contributed by atoms with Crippen LogP contribution in [0.3, 0.4) is 0 Å². The summed E-state index contributed by atoms with van der Waals surface area (Å²) in [7, 11) is 0.607. The summed E-state index contributed by atoms with van der Waals surface area (Å²) in [5.74, 6) is -0.217. The molecule has 4 nitrogen and oxygen atoms in total. The van der Waals surface area contributed by atoms with Crippen LogP contribution in [0.15, 0.2) is 47.4 Å². The maximum Gasteiger partial charge on any atom is 0.175 e. The molecule has 23 heavy (non-hydrogen) atoms. The van der Waals surface area contributed by atoms with Crippen molar-refractivity contribution < 1.29 is 12.8 Å². The Bertz CT molecular complexity index is 772. The average molecular weight is 336 g/mol. The van der Waals surface area contributed by atoms with Crippen LogP contribution in [0.25, 0.3) is 0 Å². The van der Waals surface area contributed by atoms with Crippen LogP contribution < -0.4 is 5.32 Å². The van der Waals surface area contributed by atoms with E-state index in [1.54, 1.807) is 30.3 Å². The Morgan fingerprint density at radius 1 is 1.09 bits per heavy atom. The van der Waals surface area contributed by atoms with Gasteiger partial charge in [0.05, 0.1) is 4.90 Å². The van der Waals surface area contributed by atoms with E-state index in [4.69, 9.17) is 0 Å². The van der Waals surface area contributed by atoms with Crippen molar-refractivity contribution in [3.63, 3.8) is 0 Å². The largest absolute Gasteiger partial charge is 0.381 e. The number of nitrogens with zero attached hydrogens (tertiary/aromatic N) is 1. The van der Waals surface area contributed by atoms with Gasteiger partial charge in [0, 0.05) is 30.6 Å². The molecule has 0 aliphatic heterocycles. The molecule has 2 rings (SSSR count). The minimum Gasteiger partial charge on any atom is -0.381 e. The molecule has 1 N–H and O–H groups in total. The standard InChI is InChI=1S/C17H21FN2O2S/c1-20(2)12-14-5-4-13(10-17(14)18)11-19-15-6-8-16(9-7-15)23(3,21)22/h4-10,19H,11-12H2,1-3H3. The molecule has 0 bridgehead atoms. The van der Waals surface area contributed by atoms with E-state index < -0.39 is 9.84 Å². The minimum absolute atomic E-state index is 0.217. The Labute approximate surface area is 136 Å². The highest BCUT2D eigenvalue weighted by Gasteiger charge is 2.07. The second-order valence-corrected chi connectivity index (χ2v) is 7.83. The molecule has 0 aliphatic carbocycles. The van der Waals surface area contributed by atoms with Crippen LogP contribution in [0.1, 0.15) is 11.1 Å². The van der Waals surface area contributed by atoms with E-state index in [9.17, 15) is 12.8 Å². The van der Waals surface area contributed by atoms with Crippen LogP contribution in [0.5, 0.6) is 0 Å². The zero-order chi connectivity index (χ0) is 17.0. The molecule has 0 saturated carbocycles. The molecule has 0 atom stereocenters. The van der Waals surface area contributed by atoms with E-state index in [1.165, 1.54) is 12.3 Å². The van der Waals surface area contributed by atoms with Gasteiger partial charge >= 0.3 is 0 Å². The molecule has 0 radical (unpaired) electrons. The summed E-state index contributed by atoms with van der Waals surface area (Å²) >= 11 is 0. The lowest BCUT2D eigenvalue weighted by atomic mass is 10.1. The van der Waals surface area contributed by atoms with Crippen LogP contribution in [0.2, 0.25) is 0 Å². The number of halogens is 1. The molecule has 0 aliphatic rings. The smallest absolute Gasteiger partial charge is 0.175 e. The van der Waals surface area contributed by atoms with E-state index in [0.29, 0.717) is 18.7 Å². The predicted molar refractivity (Wildman–Crippen MR) is 90.7 cm³/mol. The quantitative estimate of drug-likeness (QED) is 0.881. The van der Waals surface area contributed by atoms with Gasteiger partial charge in [0.15, 0.2) is 9.84 Å². The van der Waals surface area contributed by atoms with Gasteiger partial charge < -0.3 is 10.2 Å². The molecule has 0 unspecified atom stereocenters. The summed E-state index contributed by atoms with van der Waals surface area (Å²) in [5, 5.41) is 3.16. The lowest BCUT2D eigenvalue weighted by molar-refractivity contribution is 0.392. The summed E-state index contributed by atoms with van der Waals surface area (Å²) in [4.78, 5) is 2.20. The zero-order valence-corrected chi connectivity index (χ0v) is 14.3. The van der Waals surface area contributed by atoms with Crippen molar-refractivity contribution in [1.82, 2.24) is 4.90 Å². The average Bonchev–Trinajstić information content (AvgIpc) is 2.47. The molecule has 0 aromatic heterocycles. The lowest BCUT2D eigenvalue weighted by Gasteiger charge is -2.12.